The number of rotatable bonds is 1. The van der Waals surface area contributed by atoms with Gasteiger partial charge in [0.05, 0.1) is 0 Å². The Hall–Kier alpha value is -1.08. The van der Waals surface area contributed by atoms with Crippen molar-refractivity contribution in [1.29, 1.82) is 0 Å². The third-order valence-electron chi connectivity index (χ3n) is 2.82. The molecule has 0 amide bonds. The first-order valence-electron chi connectivity index (χ1n) is 5.10. The van der Waals surface area contributed by atoms with Crippen LogP contribution in [0, 0.1) is 13.8 Å². The maximum Gasteiger partial charge on any atom is 0.163 e. The Labute approximate surface area is 94.8 Å². The predicted octanol–water partition coefficient (Wildman–Crippen LogP) is 3.70. The minimum atomic E-state index is 0.250. The molecule has 0 spiro atoms. The van der Waals surface area contributed by atoms with Crippen molar-refractivity contribution >= 4 is 23.0 Å². The number of carbonyl (C=O) groups excluding carboxylic acids is 1. The van der Waals surface area contributed by atoms with Gasteiger partial charge in [-0.15, -0.1) is 0 Å². The van der Waals surface area contributed by atoms with Crippen molar-refractivity contribution in [3.63, 3.8) is 0 Å². The predicted molar refractivity (Wildman–Crippen MR) is 63.1 cm³/mol. The Morgan fingerprint density at radius 3 is 2.53 bits per heavy atom. The number of carbonyl (C=O) groups is 1. The van der Waals surface area contributed by atoms with Crippen molar-refractivity contribution in [2.24, 2.45) is 0 Å². The monoisotopic (exact) mass is 220 g/mol. The number of hydrogen-bond acceptors (Lipinski definition) is 1. The van der Waals surface area contributed by atoms with Crippen LogP contribution in [0.2, 0.25) is 5.02 Å². The van der Waals surface area contributed by atoms with Gasteiger partial charge in [-0.05, 0) is 49.1 Å². The highest BCUT2D eigenvalue weighted by Crippen LogP contribution is 2.30. The van der Waals surface area contributed by atoms with Crippen molar-refractivity contribution in [3.05, 3.63) is 39.9 Å². The number of hydrogen-bond donors (Lipinski definition) is 0. The van der Waals surface area contributed by atoms with Crippen molar-refractivity contribution in [2.45, 2.75) is 26.7 Å². The number of halogens is 1. The van der Waals surface area contributed by atoms with Gasteiger partial charge in [-0.1, -0.05) is 17.7 Å². The second-order valence-electron chi connectivity index (χ2n) is 4.00. The van der Waals surface area contributed by atoms with Crippen molar-refractivity contribution in [3.8, 4) is 0 Å². The van der Waals surface area contributed by atoms with Gasteiger partial charge in [-0.2, -0.15) is 0 Å². The number of benzene rings is 1. The van der Waals surface area contributed by atoms with E-state index in [-0.39, 0.29) is 5.78 Å². The molecule has 0 heterocycles. The van der Waals surface area contributed by atoms with Gasteiger partial charge in [-0.25, -0.2) is 0 Å². The molecule has 2 heteroatoms. The van der Waals surface area contributed by atoms with Crippen LogP contribution in [0.25, 0.3) is 5.57 Å². The summed E-state index contributed by atoms with van der Waals surface area (Å²) in [4.78, 5) is 11.6. The van der Waals surface area contributed by atoms with Crippen molar-refractivity contribution in [2.75, 3.05) is 0 Å². The van der Waals surface area contributed by atoms with Crippen LogP contribution in [0.3, 0.4) is 0 Å². The largest absolute Gasteiger partial charge is 0.294 e. The van der Waals surface area contributed by atoms with Crippen LogP contribution in [0.1, 0.15) is 29.5 Å². The molecule has 0 aromatic heterocycles. The highest BCUT2D eigenvalue weighted by Gasteiger charge is 2.18. The van der Waals surface area contributed by atoms with Crippen molar-refractivity contribution < 1.29 is 4.79 Å². The van der Waals surface area contributed by atoms with E-state index < -0.39 is 0 Å². The second kappa shape index (κ2) is 3.82. The normalized spacial score (nSPS) is 15.7. The van der Waals surface area contributed by atoms with Gasteiger partial charge in [0, 0.05) is 17.0 Å². The van der Waals surface area contributed by atoms with E-state index in [1.807, 2.05) is 32.1 Å². The Morgan fingerprint density at radius 1 is 1.20 bits per heavy atom. The molecule has 15 heavy (non-hydrogen) atoms. The first-order valence-corrected chi connectivity index (χ1v) is 5.48. The summed E-state index contributed by atoms with van der Waals surface area (Å²) < 4.78 is 0. The molecule has 0 unspecified atom stereocenters. The number of Topliss-reactive ketones (excluding diaryl/α,β-unsaturated/α-hetero) is 1. The Balaban J connectivity index is 2.53. The van der Waals surface area contributed by atoms with E-state index >= 15 is 0 Å². The molecule has 1 aliphatic rings. The summed E-state index contributed by atoms with van der Waals surface area (Å²) in [6, 6.07) is 3.94. The van der Waals surface area contributed by atoms with Crippen molar-refractivity contribution in [1.82, 2.24) is 0 Å². The summed E-state index contributed by atoms with van der Waals surface area (Å²) in [5, 5.41) is 0.766. The lowest BCUT2D eigenvalue weighted by molar-refractivity contribution is -0.113. The fourth-order valence-electron chi connectivity index (χ4n) is 1.93. The van der Waals surface area contributed by atoms with Crippen LogP contribution in [0.5, 0.6) is 0 Å². The summed E-state index contributed by atoms with van der Waals surface area (Å²) >= 11 is 6.02. The van der Waals surface area contributed by atoms with Crippen LogP contribution in [0.4, 0.5) is 0 Å². The average molecular weight is 221 g/mol. The minimum absolute atomic E-state index is 0.250. The number of allylic oxidation sites excluding steroid dienone is 2. The molecular formula is C13H13ClO. The van der Waals surface area contributed by atoms with E-state index in [9.17, 15) is 4.79 Å². The van der Waals surface area contributed by atoms with Gasteiger partial charge in [0.2, 0.25) is 0 Å². The summed E-state index contributed by atoms with van der Waals surface area (Å²) in [6.45, 7) is 3.96. The van der Waals surface area contributed by atoms with Gasteiger partial charge in [0.15, 0.2) is 5.78 Å². The van der Waals surface area contributed by atoms with Gasteiger partial charge in [0.25, 0.3) is 0 Å². The van der Waals surface area contributed by atoms with Crippen LogP contribution in [-0.2, 0) is 4.79 Å². The molecule has 0 N–H and O–H groups in total. The lowest BCUT2D eigenvalue weighted by Crippen LogP contribution is -1.98. The zero-order valence-corrected chi connectivity index (χ0v) is 9.69. The second-order valence-corrected chi connectivity index (χ2v) is 4.40. The third kappa shape index (κ3) is 1.84. The highest BCUT2D eigenvalue weighted by atomic mass is 35.5. The summed E-state index contributed by atoms with van der Waals surface area (Å²) in [6.07, 6.45) is 3.55. The maximum absolute atomic E-state index is 11.6. The standard InChI is InChI=1S/C13H13ClO/c1-8-7-12(14)9(2)6-11(8)10-4-3-5-13(10)15/h4,6-7H,3,5H2,1-2H3. The van der Waals surface area contributed by atoms with E-state index in [4.69, 9.17) is 11.6 Å². The molecule has 2 rings (SSSR count). The van der Waals surface area contributed by atoms with Gasteiger partial charge < -0.3 is 0 Å². The zero-order valence-electron chi connectivity index (χ0n) is 8.93. The quantitative estimate of drug-likeness (QED) is 0.705. The lowest BCUT2D eigenvalue weighted by atomic mass is 9.97. The number of aryl methyl sites for hydroxylation is 2. The van der Waals surface area contributed by atoms with Crippen LogP contribution in [-0.4, -0.2) is 5.78 Å². The summed E-state index contributed by atoms with van der Waals surface area (Å²) in [7, 11) is 0. The molecule has 0 bridgehead atoms. The molecule has 0 fully saturated rings. The SMILES string of the molecule is Cc1cc(C2=CCCC2=O)c(C)cc1Cl. The Bertz CT molecular complexity index is 458. The number of ketones is 1. The molecule has 1 nitrogen and oxygen atoms in total. The minimum Gasteiger partial charge on any atom is -0.294 e. The molecule has 0 atom stereocenters. The van der Waals surface area contributed by atoms with E-state index in [0.717, 1.165) is 33.7 Å². The fourth-order valence-corrected chi connectivity index (χ4v) is 2.15. The summed E-state index contributed by atoms with van der Waals surface area (Å²) in [5.41, 5.74) is 4.01. The molecule has 1 aromatic carbocycles. The van der Waals surface area contributed by atoms with Gasteiger partial charge in [0.1, 0.15) is 0 Å². The first kappa shape index (κ1) is 10.4. The van der Waals surface area contributed by atoms with Crippen LogP contribution < -0.4 is 0 Å². The first-order chi connectivity index (χ1) is 7.09. The van der Waals surface area contributed by atoms with E-state index in [2.05, 4.69) is 0 Å². The van der Waals surface area contributed by atoms with E-state index in [0.29, 0.717) is 6.42 Å². The Kier molecular flexibility index (Phi) is 2.66. The maximum atomic E-state index is 11.6. The van der Waals surface area contributed by atoms with Crippen LogP contribution in [0.15, 0.2) is 18.2 Å². The van der Waals surface area contributed by atoms with Gasteiger partial charge >= 0.3 is 0 Å². The molecule has 0 aliphatic heterocycles. The molecule has 78 valence electrons. The topological polar surface area (TPSA) is 17.1 Å². The third-order valence-corrected chi connectivity index (χ3v) is 3.22. The summed E-state index contributed by atoms with van der Waals surface area (Å²) in [5.74, 6) is 0.250. The van der Waals surface area contributed by atoms with E-state index in [1.165, 1.54) is 0 Å². The average Bonchev–Trinajstić information content (AvgIpc) is 2.58. The van der Waals surface area contributed by atoms with Gasteiger partial charge in [-0.3, -0.25) is 4.79 Å². The molecular weight excluding hydrogens is 208 g/mol. The highest BCUT2D eigenvalue weighted by molar-refractivity contribution is 6.31. The van der Waals surface area contributed by atoms with Crippen LogP contribution >= 0.6 is 11.6 Å². The smallest absolute Gasteiger partial charge is 0.163 e. The molecule has 0 saturated heterocycles. The molecule has 1 aliphatic carbocycles. The molecule has 0 saturated carbocycles. The molecule has 1 aromatic rings. The lowest BCUT2D eigenvalue weighted by Gasteiger charge is -2.08. The zero-order chi connectivity index (χ0) is 11.0. The molecule has 0 radical (unpaired) electrons. The Morgan fingerprint density at radius 2 is 1.93 bits per heavy atom. The van der Waals surface area contributed by atoms with E-state index in [1.54, 1.807) is 0 Å². The fraction of sp³-hybridized carbons (Fsp3) is 0.308.